The van der Waals surface area contributed by atoms with Gasteiger partial charge in [-0.3, -0.25) is 4.79 Å². The molecule has 1 aromatic heterocycles. The van der Waals surface area contributed by atoms with Gasteiger partial charge in [0.15, 0.2) is 0 Å². The summed E-state index contributed by atoms with van der Waals surface area (Å²) in [5.74, 6) is 1.33. The summed E-state index contributed by atoms with van der Waals surface area (Å²) < 4.78 is 0. The van der Waals surface area contributed by atoms with Gasteiger partial charge in [0.2, 0.25) is 11.9 Å². The maximum atomic E-state index is 11.2. The molecule has 7 nitrogen and oxygen atoms in total. The van der Waals surface area contributed by atoms with Gasteiger partial charge in [-0.2, -0.15) is 9.97 Å². The fraction of sp³-hybridized carbons (Fsp3) is 0.583. The second-order valence-corrected chi connectivity index (χ2v) is 4.73. The number of nitrogens with zero attached hydrogens (tertiary/aromatic N) is 3. The van der Waals surface area contributed by atoms with Crippen molar-refractivity contribution in [3.05, 3.63) is 6.07 Å². The van der Waals surface area contributed by atoms with E-state index in [-0.39, 0.29) is 17.8 Å². The molecule has 1 aliphatic heterocycles. The first-order valence-corrected chi connectivity index (χ1v) is 6.53. The molecule has 1 amide bonds. The van der Waals surface area contributed by atoms with Crippen molar-refractivity contribution in [3.8, 4) is 0 Å². The Kier molecular flexibility index (Phi) is 4.03. The molecule has 0 saturated carbocycles. The highest BCUT2D eigenvalue weighted by atomic mass is 16.1. The lowest BCUT2D eigenvalue weighted by Gasteiger charge is -2.18. The van der Waals surface area contributed by atoms with Crippen molar-refractivity contribution in [1.82, 2.24) is 9.97 Å². The first-order chi connectivity index (χ1) is 9.10. The van der Waals surface area contributed by atoms with E-state index >= 15 is 0 Å². The van der Waals surface area contributed by atoms with Crippen LogP contribution in [0.25, 0.3) is 0 Å². The third-order valence-electron chi connectivity index (χ3n) is 3.20. The number of carbonyl (C=O) groups excluding carboxylic acids is 1. The quantitative estimate of drug-likeness (QED) is 0.700. The van der Waals surface area contributed by atoms with Crippen LogP contribution in [0.4, 0.5) is 17.6 Å². The molecule has 1 aromatic rings. The third-order valence-corrected chi connectivity index (χ3v) is 3.20. The zero-order valence-corrected chi connectivity index (χ0v) is 11.1. The topological polar surface area (TPSA) is 110 Å². The van der Waals surface area contributed by atoms with Crippen LogP contribution >= 0.6 is 0 Å². The summed E-state index contributed by atoms with van der Waals surface area (Å²) in [5.41, 5.74) is 11.0. The molecule has 1 fully saturated rings. The van der Waals surface area contributed by atoms with Crippen LogP contribution < -0.4 is 21.7 Å². The van der Waals surface area contributed by atoms with E-state index in [2.05, 4.69) is 22.2 Å². The van der Waals surface area contributed by atoms with E-state index in [4.69, 9.17) is 11.5 Å². The van der Waals surface area contributed by atoms with Crippen molar-refractivity contribution < 1.29 is 4.79 Å². The van der Waals surface area contributed by atoms with Crippen molar-refractivity contribution in [2.45, 2.75) is 19.8 Å². The van der Waals surface area contributed by atoms with Crippen molar-refractivity contribution in [1.29, 1.82) is 0 Å². The minimum atomic E-state index is -0.256. The van der Waals surface area contributed by atoms with Gasteiger partial charge in [0, 0.05) is 25.7 Å². The lowest BCUT2D eigenvalue weighted by atomic mass is 10.1. The van der Waals surface area contributed by atoms with Crippen molar-refractivity contribution >= 4 is 23.5 Å². The largest absolute Gasteiger partial charge is 0.370 e. The molecular weight excluding hydrogens is 244 g/mol. The molecule has 1 atom stereocenters. The van der Waals surface area contributed by atoms with Crippen LogP contribution in [0.15, 0.2) is 6.07 Å². The van der Waals surface area contributed by atoms with Gasteiger partial charge >= 0.3 is 0 Å². The minimum absolute atomic E-state index is 0.108. The molecule has 104 valence electrons. The number of carbonyl (C=O) groups is 1. The summed E-state index contributed by atoms with van der Waals surface area (Å²) in [6, 6.07) is 1.86. The maximum absolute atomic E-state index is 11.2. The Hall–Kier alpha value is -2.05. The van der Waals surface area contributed by atoms with Crippen molar-refractivity contribution in [2.24, 2.45) is 11.7 Å². The molecule has 1 unspecified atom stereocenters. The molecule has 2 rings (SSSR count). The SMILES string of the molecule is CCCNc1cc(N2CCC(C(N)=O)C2)nc(N)n1. The number of hydrogen-bond donors (Lipinski definition) is 3. The molecule has 0 spiro atoms. The molecule has 2 heterocycles. The smallest absolute Gasteiger partial charge is 0.223 e. The van der Waals surface area contributed by atoms with E-state index in [1.807, 2.05) is 11.0 Å². The highest BCUT2D eigenvalue weighted by molar-refractivity contribution is 5.78. The Bertz CT molecular complexity index is 464. The summed E-state index contributed by atoms with van der Waals surface area (Å²) in [4.78, 5) is 21.6. The van der Waals surface area contributed by atoms with Crippen LogP contribution in [0.1, 0.15) is 19.8 Å². The van der Waals surface area contributed by atoms with Gasteiger partial charge in [-0.05, 0) is 12.8 Å². The number of primary amides is 1. The zero-order chi connectivity index (χ0) is 13.8. The molecule has 0 bridgehead atoms. The first-order valence-electron chi connectivity index (χ1n) is 6.53. The molecule has 0 aromatic carbocycles. The summed E-state index contributed by atoms with van der Waals surface area (Å²) >= 11 is 0. The Balaban J connectivity index is 2.11. The van der Waals surface area contributed by atoms with E-state index in [0.29, 0.717) is 12.4 Å². The van der Waals surface area contributed by atoms with Gasteiger partial charge in [0.1, 0.15) is 11.6 Å². The fourth-order valence-electron chi connectivity index (χ4n) is 2.16. The van der Waals surface area contributed by atoms with Crippen LogP contribution in [-0.2, 0) is 4.79 Å². The highest BCUT2D eigenvalue weighted by Crippen LogP contribution is 2.24. The number of aromatic nitrogens is 2. The van der Waals surface area contributed by atoms with E-state index in [0.717, 1.165) is 31.7 Å². The van der Waals surface area contributed by atoms with E-state index in [1.165, 1.54) is 0 Å². The number of nitrogens with two attached hydrogens (primary N) is 2. The van der Waals surface area contributed by atoms with Gasteiger partial charge in [-0.15, -0.1) is 0 Å². The molecule has 1 aliphatic rings. The second kappa shape index (κ2) is 5.73. The molecule has 7 heteroatoms. The first kappa shape index (κ1) is 13.4. The number of anilines is 3. The summed E-state index contributed by atoms with van der Waals surface area (Å²) in [7, 11) is 0. The van der Waals surface area contributed by atoms with Crippen molar-refractivity contribution in [2.75, 3.05) is 35.6 Å². The van der Waals surface area contributed by atoms with Crippen molar-refractivity contribution in [3.63, 3.8) is 0 Å². The molecule has 19 heavy (non-hydrogen) atoms. The number of hydrogen-bond acceptors (Lipinski definition) is 6. The molecule has 5 N–H and O–H groups in total. The molecule has 0 aliphatic carbocycles. The van der Waals surface area contributed by atoms with Crippen LogP contribution in [0.5, 0.6) is 0 Å². The van der Waals surface area contributed by atoms with Crippen LogP contribution in [0.3, 0.4) is 0 Å². The summed E-state index contributed by atoms with van der Waals surface area (Å²) in [6.45, 7) is 4.27. The predicted molar refractivity (Wildman–Crippen MR) is 74.7 cm³/mol. The van der Waals surface area contributed by atoms with Gasteiger partial charge in [0.25, 0.3) is 0 Å². The molecular formula is C12H20N6O. The standard InChI is InChI=1S/C12H20N6O/c1-2-4-15-9-6-10(17-12(14)16-9)18-5-3-8(7-18)11(13)19/h6,8H,2-5,7H2,1H3,(H2,13,19)(H3,14,15,16,17). The fourth-order valence-corrected chi connectivity index (χ4v) is 2.16. The molecule has 1 saturated heterocycles. The Labute approximate surface area is 112 Å². The summed E-state index contributed by atoms with van der Waals surface area (Å²) in [6.07, 6.45) is 1.77. The van der Waals surface area contributed by atoms with Gasteiger partial charge < -0.3 is 21.7 Å². The normalized spacial score (nSPS) is 18.6. The number of amides is 1. The average molecular weight is 264 g/mol. The van der Waals surface area contributed by atoms with E-state index < -0.39 is 0 Å². The Morgan fingerprint density at radius 1 is 1.58 bits per heavy atom. The van der Waals surface area contributed by atoms with Gasteiger partial charge in [0.05, 0.1) is 5.92 Å². The van der Waals surface area contributed by atoms with Crippen LogP contribution in [0.2, 0.25) is 0 Å². The Morgan fingerprint density at radius 2 is 2.37 bits per heavy atom. The maximum Gasteiger partial charge on any atom is 0.223 e. The third kappa shape index (κ3) is 3.24. The van der Waals surface area contributed by atoms with Gasteiger partial charge in [-0.25, -0.2) is 0 Å². The highest BCUT2D eigenvalue weighted by Gasteiger charge is 2.27. The summed E-state index contributed by atoms with van der Waals surface area (Å²) in [5, 5.41) is 3.18. The lowest BCUT2D eigenvalue weighted by Crippen LogP contribution is -2.28. The minimum Gasteiger partial charge on any atom is -0.370 e. The second-order valence-electron chi connectivity index (χ2n) is 4.73. The van der Waals surface area contributed by atoms with Gasteiger partial charge in [-0.1, -0.05) is 6.92 Å². The lowest BCUT2D eigenvalue weighted by molar-refractivity contribution is -0.121. The van der Waals surface area contributed by atoms with Crippen LogP contribution in [0, 0.1) is 5.92 Å². The molecule has 0 radical (unpaired) electrons. The van der Waals surface area contributed by atoms with Crippen LogP contribution in [-0.4, -0.2) is 35.5 Å². The predicted octanol–water partition coefficient (Wildman–Crippen LogP) is 0.192. The zero-order valence-electron chi connectivity index (χ0n) is 11.1. The number of nitrogen functional groups attached to an aromatic ring is 1. The average Bonchev–Trinajstić information content (AvgIpc) is 2.85. The Morgan fingerprint density at radius 3 is 3.00 bits per heavy atom. The van der Waals surface area contributed by atoms with E-state index in [1.54, 1.807) is 0 Å². The van der Waals surface area contributed by atoms with E-state index in [9.17, 15) is 4.79 Å². The number of rotatable bonds is 5. The number of nitrogens with one attached hydrogen (secondary N) is 1. The monoisotopic (exact) mass is 264 g/mol.